The van der Waals surface area contributed by atoms with Crippen LogP contribution in [0.3, 0.4) is 0 Å². The number of hydrogen-bond acceptors (Lipinski definition) is 4. The molecule has 1 N–H and O–H groups in total. The number of nitrogens with one attached hydrogen (secondary N) is 1. The number of hydrogen-bond donors (Lipinski definition) is 1. The number of anilines is 1. The first kappa shape index (κ1) is 17.2. The number of rotatable bonds is 4. The van der Waals surface area contributed by atoms with E-state index in [0.29, 0.717) is 0 Å². The van der Waals surface area contributed by atoms with E-state index in [2.05, 4.69) is 10.1 Å². The number of likely N-dealkylation sites (tertiary alicyclic amines) is 1. The number of carbonyl (C=O) groups excluding carboxylic acids is 2. The van der Waals surface area contributed by atoms with Crippen LogP contribution in [0.2, 0.25) is 0 Å². The van der Waals surface area contributed by atoms with Gasteiger partial charge >= 0.3 is 5.97 Å². The van der Waals surface area contributed by atoms with E-state index in [1.54, 1.807) is 0 Å². The van der Waals surface area contributed by atoms with Gasteiger partial charge in [0.1, 0.15) is 5.82 Å². The average molecular weight is 322 g/mol. The van der Waals surface area contributed by atoms with Gasteiger partial charge in [-0.1, -0.05) is 19.3 Å². The fraction of sp³-hybridized carbons (Fsp3) is 0.529. The molecule has 0 radical (unpaired) electrons. The number of carbonyl (C=O) groups is 2. The summed E-state index contributed by atoms with van der Waals surface area (Å²) in [6.07, 6.45) is 5.54. The summed E-state index contributed by atoms with van der Waals surface area (Å²) >= 11 is 0. The van der Waals surface area contributed by atoms with Crippen LogP contribution in [-0.4, -0.2) is 43.5 Å². The summed E-state index contributed by atoms with van der Waals surface area (Å²) in [4.78, 5) is 25.6. The monoisotopic (exact) mass is 322 g/mol. The first-order valence-electron chi connectivity index (χ1n) is 8.01. The van der Waals surface area contributed by atoms with E-state index in [-0.39, 0.29) is 23.7 Å². The molecule has 23 heavy (non-hydrogen) atoms. The summed E-state index contributed by atoms with van der Waals surface area (Å²) in [5.41, 5.74) is 0.378. The van der Waals surface area contributed by atoms with Crippen molar-refractivity contribution in [1.29, 1.82) is 0 Å². The second kappa shape index (κ2) is 8.50. The summed E-state index contributed by atoms with van der Waals surface area (Å²) in [5.74, 6) is -1.09. The van der Waals surface area contributed by atoms with Gasteiger partial charge in [-0.2, -0.15) is 0 Å². The molecule has 0 atom stereocenters. The SMILES string of the molecule is COC(=O)c1ccc(F)c(NCC(=O)N2CCCCCCC2)c1. The van der Waals surface area contributed by atoms with E-state index in [9.17, 15) is 14.0 Å². The predicted octanol–water partition coefficient (Wildman–Crippen LogP) is 2.82. The summed E-state index contributed by atoms with van der Waals surface area (Å²) in [6.45, 7) is 1.53. The van der Waals surface area contributed by atoms with Crippen molar-refractivity contribution >= 4 is 17.6 Å². The topological polar surface area (TPSA) is 58.6 Å². The zero-order valence-electron chi connectivity index (χ0n) is 13.4. The van der Waals surface area contributed by atoms with Crippen molar-refractivity contribution in [3.63, 3.8) is 0 Å². The fourth-order valence-corrected chi connectivity index (χ4v) is 2.69. The average Bonchev–Trinajstić information content (AvgIpc) is 2.52. The molecule has 6 heteroatoms. The number of amides is 1. The van der Waals surface area contributed by atoms with Crippen molar-refractivity contribution in [2.75, 3.05) is 32.1 Å². The largest absolute Gasteiger partial charge is 0.465 e. The van der Waals surface area contributed by atoms with Gasteiger partial charge in [0.05, 0.1) is 24.9 Å². The quantitative estimate of drug-likeness (QED) is 0.866. The third-order valence-corrected chi connectivity index (χ3v) is 4.03. The lowest BCUT2D eigenvalue weighted by molar-refractivity contribution is -0.129. The maximum atomic E-state index is 13.8. The van der Waals surface area contributed by atoms with Crippen LogP contribution in [0.25, 0.3) is 0 Å². The Morgan fingerprint density at radius 1 is 1.17 bits per heavy atom. The molecule has 0 unspecified atom stereocenters. The van der Waals surface area contributed by atoms with Crippen LogP contribution in [0, 0.1) is 5.82 Å². The lowest BCUT2D eigenvalue weighted by Crippen LogP contribution is -2.37. The molecule has 126 valence electrons. The zero-order chi connectivity index (χ0) is 16.7. The van der Waals surface area contributed by atoms with Gasteiger partial charge < -0.3 is 15.0 Å². The Kier molecular flexibility index (Phi) is 6.38. The van der Waals surface area contributed by atoms with E-state index < -0.39 is 11.8 Å². The van der Waals surface area contributed by atoms with E-state index in [1.165, 1.54) is 31.7 Å². The maximum absolute atomic E-state index is 13.8. The molecule has 0 bridgehead atoms. The lowest BCUT2D eigenvalue weighted by Gasteiger charge is -2.25. The Morgan fingerprint density at radius 2 is 1.83 bits per heavy atom. The molecular formula is C17H23FN2O3. The molecule has 0 aromatic heterocycles. The Labute approximate surface area is 135 Å². The normalized spacial score (nSPS) is 15.5. The number of nitrogens with zero attached hydrogens (tertiary/aromatic N) is 1. The lowest BCUT2D eigenvalue weighted by atomic mass is 10.1. The van der Waals surface area contributed by atoms with Gasteiger partial charge in [-0.3, -0.25) is 4.79 Å². The highest BCUT2D eigenvalue weighted by Crippen LogP contribution is 2.17. The highest BCUT2D eigenvalue weighted by Gasteiger charge is 2.16. The second-order valence-electron chi connectivity index (χ2n) is 5.69. The van der Waals surface area contributed by atoms with Crippen LogP contribution >= 0.6 is 0 Å². The minimum atomic E-state index is -0.539. The maximum Gasteiger partial charge on any atom is 0.337 e. The van der Waals surface area contributed by atoms with Gasteiger partial charge in [-0.05, 0) is 31.0 Å². The second-order valence-corrected chi connectivity index (χ2v) is 5.69. The molecule has 5 nitrogen and oxygen atoms in total. The van der Waals surface area contributed by atoms with E-state index >= 15 is 0 Å². The van der Waals surface area contributed by atoms with E-state index in [1.807, 2.05) is 4.90 Å². The fourth-order valence-electron chi connectivity index (χ4n) is 2.69. The number of methoxy groups -OCH3 is 1. The molecular weight excluding hydrogens is 299 g/mol. The van der Waals surface area contributed by atoms with Gasteiger partial charge in [0, 0.05) is 13.1 Å². The van der Waals surface area contributed by atoms with E-state index in [0.717, 1.165) is 38.8 Å². The smallest absolute Gasteiger partial charge is 0.337 e. The molecule has 0 saturated carbocycles. The predicted molar refractivity (Wildman–Crippen MR) is 85.9 cm³/mol. The Hall–Kier alpha value is -2.11. The van der Waals surface area contributed by atoms with Crippen LogP contribution in [0.5, 0.6) is 0 Å². The molecule has 2 rings (SSSR count). The van der Waals surface area contributed by atoms with Gasteiger partial charge in [-0.15, -0.1) is 0 Å². The summed E-state index contributed by atoms with van der Waals surface area (Å²) in [6, 6.07) is 3.91. The van der Waals surface area contributed by atoms with Crippen molar-refractivity contribution in [3.05, 3.63) is 29.6 Å². The number of halogens is 1. The Bertz CT molecular complexity index is 555. The van der Waals surface area contributed by atoms with Crippen LogP contribution < -0.4 is 5.32 Å². The number of benzene rings is 1. The van der Waals surface area contributed by atoms with Crippen molar-refractivity contribution < 1.29 is 18.7 Å². The zero-order valence-corrected chi connectivity index (χ0v) is 13.4. The standard InChI is InChI=1S/C17H23FN2O3/c1-23-17(22)13-7-8-14(18)15(11-13)19-12-16(21)20-9-5-3-2-4-6-10-20/h7-8,11,19H,2-6,9-10,12H2,1H3. The molecule has 1 aromatic rings. The first-order valence-corrected chi connectivity index (χ1v) is 8.01. The molecule has 1 saturated heterocycles. The first-order chi connectivity index (χ1) is 11.1. The van der Waals surface area contributed by atoms with Crippen molar-refractivity contribution in [2.45, 2.75) is 32.1 Å². The van der Waals surface area contributed by atoms with Crippen LogP contribution in [0.1, 0.15) is 42.5 Å². The minimum Gasteiger partial charge on any atom is -0.465 e. The summed E-state index contributed by atoms with van der Waals surface area (Å²) < 4.78 is 18.4. The van der Waals surface area contributed by atoms with Crippen molar-refractivity contribution in [2.24, 2.45) is 0 Å². The van der Waals surface area contributed by atoms with Gasteiger partial charge in [0.2, 0.25) is 5.91 Å². The number of esters is 1. The van der Waals surface area contributed by atoms with Gasteiger partial charge in [-0.25, -0.2) is 9.18 Å². The van der Waals surface area contributed by atoms with Crippen LogP contribution in [0.15, 0.2) is 18.2 Å². The summed E-state index contributed by atoms with van der Waals surface area (Å²) in [7, 11) is 1.27. The molecule has 0 aliphatic carbocycles. The molecule has 1 aliphatic heterocycles. The number of ether oxygens (including phenoxy) is 1. The Balaban J connectivity index is 1.96. The molecule has 1 aliphatic rings. The minimum absolute atomic E-state index is 0.0154. The molecule has 1 fully saturated rings. The highest BCUT2D eigenvalue weighted by molar-refractivity contribution is 5.90. The van der Waals surface area contributed by atoms with E-state index in [4.69, 9.17) is 0 Å². The highest BCUT2D eigenvalue weighted by atomic mass is 19.1. The molecule has 1 amide bonds. The third kappa shape index (κ3) is 4.94. The van der Waals surface area contributed by atoms with Crippen molar-refractivity contribution in [1.82, 2.24) is 4.90 Å². The van der Waals surface area contributed by atoms with Gasteiger partial charge in [0.25, 0.3) is 0 Å². The van der Waals surface area contributed by atoms with Gasteiger partial charge in [0.15, 0.2) is 0 Å². The Morgan fingerprint density at radius 3 is 2.48 bits per heavy atom. The molecule has 0 spiro atoms. The summed E-state index contributed by atoms with van der Waals surface area (Å²) in [5, 5.41) is 2.79. The van der Waals surface area contributed by atoms with Crippen LogP contribution in [0.4, 0.5) is 10.1 Å². The molecule has 1 aromatic carbocycles. The van der Waals surface area contributed by atoms with Crippen LogP contribution in [-0.2, 0) is 9.53 Å². The molecule has 1 heterocycles. The third-order valence-electron chi connectivity index (χ3n) is 4.03. The van der Waals surface area contributed by atoms with Crippen molar-refractivity contribution in [3.8, 4) is 0 Å².